The van der Waals surface area contributed by atoms with Gasteiger partial charge in [0.05, 0.1) is 0 Å². The molecule has 0 N–H and O–H groups in total. The van der Waals surface area contributed by atoms with Crippen LogP contribution in [0.25, 0.3) is 10.9 Å². The Balaban J connectivity index is 1.95. The van der Waals surface area contributed by atoms with Crippen LogP contribution < -0.4 is 0 Å². The van der Waals surface area contributed by atoms with Gasteiger partial charge in [0.15, 0.2) is 0 Å². The van der Waals surface area contributed by atoms with Crippen LogP contribution in [0.1, 0.15) is 36.9 Å². The van der Waals surface area contributed by atoms with E-state index in [1.807, 2.05) is 0 Å². The van der Waals surface area contributed by atoms with Crippen LogP contribution in [-0.4, -0.2) is 4.57 Å². The SMILES string of the molecule is Brc1ccc2c(c1)c1c(n2CC2CC2)CCCC1. The largest absolute Gasteiger partial charge is 0.344 e. The standard InChI is InChI=1S/C16H18BrN/c17-12-7-8-16-14(9-12)13-3-1-2-4-15(13)18(16)10-11-5-6-11/h7-9,11H,1-6,10H2. The Morgan fingerprint density at radius 3 is 2.83 bits per heavy atom. The predicted octanol–water partition coefficient (Wildman–Crippen LogP) is 4.69. The summed E-state index contributed by atoms with van der Waals surface area (Å²) in [6.07, 6.45) is 8.17. The second-order valence-corrected chi connectivity index (χ2v) is 6.76. The summed E-state index contributed by atoms with van der Waals surface area (Å²) in [7, 11) is 0. The van der Waals surface area contributed by atoms with E-state index in [0.717, 1.165) is 5.92 Å². The van der Waals surface area contributed by atoms with Gasteiger partial charge in [0, 0.05) is 27.6 Å². The van der Waals surface area contributed by atoms with Gasteiger partial charge in [0.1, 0.15) is 0 Å². The van der Waals surface area contributed by atoms with Crippen LogP contribution in [0.5, 0.6) is 0 Å². The fourth-order valence-corrected chi connectivity index (χ4v) is 3.74. The van der Waals surface area contributed by atoms with E-state index in [-0.39, 0.29) is 0 Å². The van der Waals surface area contributed by atoms with Crippen LogP contribution in [0.15, 0.2) is 22.7 Å². The molecular formula is C16H18BrN. The van der Waals surface area contributed by atoms with Crippen molar-refractivity contribution >= 4 is 26.8 Å². The Bertz CT molecular complexity index is 607. The summed E-state index contributed by atoms with van der Waals surface area (Å²) in [5.74, 6) is 0.954. The maximum Gasteiger partial charge on any atom is 0.0486 e. The second-order valence-electron chi connectivity index (χ2n) is 5.85. The average molecular weight is 304 g/mol. The van der Waals surface area contributed by atoms with Crippen molar-refractivity contribution in [1.82, 2.24) is 4.57 Å². The van der Waals surface area contributed by atoms with Gasteiger partial charge in [-0.1, -0.05) is 15.9 Å². The van der Waals surface area contributed by atoms with E-state index < -0.39 is 0 Å². The average Bonchev–Trinajstić information content (AvgIpc) is 3.15. The van der Waals surface area contributed by atoms with E-state index in [2.05, 4.69) is 38.7 Å². The maximum absolute atomic E-state index is 3.62. The summed E-state index contributed by atoms with van der Waals surface area (Å²) >= 11 is 3.62. The Morgan fingerprint density at radius 1 is 1.17 bits per heavy atom. The van der Waals surface area contributed by atoms with Gasteiger partial charge in [-0.05, 0) is 68.2 Å². The van der Waals surface area contributed by atoms with Gasteiger partial charge in [-0.3, -0.25) is 0 Å². The van der Waals surface area contributed by atoms with Gasteiger partial charge in [0.2, 0.25) is 0 Å². The first-order valence-corrected chi connectivity index (χ1v) is 7.92. The molecule has 1 aromatic carbocycles. The van der Waals surface area contributed by atoms with Gasteiger partial charge in [-0.15, -0.1) is 0 Å². The van der Waals surface area contributed by atoms with Crippen LogP contribution in [0.2, 0.25) is 0 Å². The zero-order chi connectivity index (χ0) is 12.1. The van der Waals surface area contributed by atoms with Gasteiger partial charge in [-0.2, -0.15) is 0 Å². The molecular weight excluding hydrogens is 286 g/mol. The highest BCUT2D eigenvalue weighted by molar-refractivity contribution is 9.10. The van der Waals surface area contributed by atoms with E-state index >= 15 is 0 Å². The van der Waals surface area contributed by atoms with Crippen LogP contribution >= 0.6 is 15.9 Å². The molecule has 18 heavy (non-hydrogen) atoms. The third-order valence-electron chi connectivity index (χ3n) is 4.48. The molecule has 0 unspecified atom stereocenters. The summed E-state index contributed by atoms with van der Waals surface area (Å²) < 4.78 is 3.85. The fourth-order valence-electron chi connectivity index (χ4n) is 3.38. The van der Waals surface area contributed by atoms with Gasteiger partial charge >= 0.3 is 0 Å². The summed E-state index contributed by atoms with van der Waals surface area (Å²) in [6, 6.07) is 6.82. The van der Waals surface area contributed by atoms with Crippen LogP contribution in [0.3, 0.4) is 0 Å². The molecule has 2 aliphatic carbocycles. The number of hydrogen-bond donors (Lipinski definition) is 0. The maximum atomic E-state index is 3.62. The highest BCUT2D eigenvalue weighted by atomic mass is 79.9. The van der Waals surface area contributed by atoms with E-state index in [1.54, 1.807) is 11.3 Å². The summed E-state index contributed by atoms with van der Waals surface area (Å²) in [5, 5.41) is 1.50. The minimum Gasteiger partial charge on any atom is -0.344 e. The van der Waals surface area contributed by atoms with Gasteiger partial charge < -0.3 is 4.57 Å². The van der Waals surface area contributed by atoms with E-state index in [4.69, 9.17) is 0 Å². The quantitative estimate of drug-likeness (QED) is 0.758. The molecule has 1 heterocycles. The molecule has 0 amide bonds. The topological polar surface area (TPSA) is 4.93 Å². The number of fused-ring (bicyclic) bond motifs is 3. The van der Waals surface area contributed by atoms with Crippen molar-refractivity contribution in [2.24, 2.45) is 5.92 Å². The lowest BCUT2D eigenvalue weighted by Crippen LogP contribution is -2.09. The summed E-state index contributed by atoms with van der Waals surface area (Å²) in [6.45, 7) is 1.26. The lowest BCUT2D eigenvalue weighted by Gasteiger charge is -2.15. The Kier molecular flexibility index (Phi) is 2.54. The summed E-state index contributed by atoms with van der Waals surface area (Å²) in [5.41, 5.74) is 4.75. The smallest absolute Gasteiger partial charge is 0.0486 e. The molecule has 2 heteroatoms. The van der Waals surface area contributed by atoms with Crippen LogP contribution in [0, 0.1) is 5.92 Å². The number of nitrogens with zero attached hydrogens (tertiary/aromatic N) is 1. The van der Waals surface area contributed by atoms with Crippen molar-refractivity contribution in [3.8, 4) is 0 Å². The molecule has 4 rings (SSSR count). The Labute approximate surface area is 116 Å². The first kappa shape index (κ1) is 11.1. The molecule has 1 fully saturated rings. The zero-order valence-electron chi connectivity index (χ0n) is 10.6. The summed E-state index contributed by atoms with van der Waals surface area (Å²) in [4.78, 5) is 0. The van der Waals surface area contributed by atoms with Crippen molar-refractivity contribution in [1.29, 1.82) is 0 Å². The molecule has 1 aromatic heterocycles. The first-order valence-electron chi connectivity index (χ1n) is 7.12. The normalized spacial score (nSPS) is 19.2. The minimum atomic E-state index is 0.954. The van der Waals surface area contributed by atoms with E-state index in [1.165, 1.54) is 60.4 Å². The molecule has 0 atom stereocenters. The highest BCUT2D eigenvalue weighted by Crippen LogP contribution is 2.38. The molecule has 0 spiro atoms. The Morgan fingerprint density at radius 2 is 2.00 bits per heavy atom. The molecule has 2 aliphatic rings. The monoisotopic (exact) mass is 303 g/mol. The molecule has 2 aromatic rings. The van der Waals surface area contributed by atoms with Crippen molar-refractivity contribution in [3.63, 3.8) is 0 Å². The molecule has 0 aliphatic heterocycles. The molecule has 0 saturated heterocycles. The number of aromatic nitrogens is 1. The molecule has 0 bridgehead atoms. The third-order valence-corrected chi connectivity index (χ3v) is 4.97. The number of aryl methyl sites for hydroxylation is 1. The first-order chi connectivity index (χ1) is 8.83. The minimum absolute atomic E-state index is 0.954. The fraction of sp³-hybridized carbons (Fsp3) is 0.500. The van der Waals surface area contributed by atoms with Crippen molar-refractivity contribution in [3.05, 3.63) is 33.9 Å². The van der Waals surface area contributed by atoms with Crippen LogP contribution in [0.4, 0.5) is 0 Å². The van der Waals surface area contributed by atoms with Crippen LogP contribution in [-0.2, 0) is 19.4 Å². The second kappa shape index (κ2) is 4.12. The molecule has 94 valence electrons. The number of benzene rings is 1. The lowest BCUT2D eigenvalue weighted by atomic mass is 9.95. The van der Waals surface area contributed by atoms with Gasteiger partial charge in [-0.25, -0.2) is 0 Å². The lowest BCUT2D eigenvalue weighted by molar-refractivity contribution is 0.581. The predicted molar refractivity (Wildman–Crippen MR) is 79.0 cm³/mol. The van der Waals surface area contributed by atoms with E-state index in [9.17, 15) is 0 Å². The highest BCUT2D eigenvalue weighted by Gasteiger charge is 2.26. The van der Waals surface area contributed by atoms with Crippen molar-refractivity contribution < 1.29 is 0 Å². The van der Waals surface area contributed by atoms with Crippen molar-refractivity contribution in [2.75, 3.05) is 0 Å². The number of rotatable bonds is 2. The third kappa shape index (κ3) is 1.73. The van der Waals surface area contributed by atoms with E-state index in [0.29, 0.717) is 0 Å². The van der Waals surface area contributed by atoms with Crippen molar-refractivity contribution in [2.45, 2.75) is 45.1 Å². The number of halogens is 1. The molecule has 0 radical (unpaired) electrons. The molecule has 1 nitrogen and oxygen atoms in total. The Hall–Kier alpha value is -0.760. The van der Waals surface area contributed by atoms with Gasteiger partial charge in [0.25, 0.3) is 0 Å². The zero-order valence-corrected chi connectivity index (χ0v) is 12.2. The number of hydrogen-bond acceptors (Lipinski definition) is 0. The molecule has 1 saturated carbocycles.